The lowest BCUT2D eigenvalue weighted by atomic mass is 9.88. The molecule has 0 spiro atoms. The molecular weight excluding hydrogens is 529 g/mol. The van der Waals surface area contributed by atoms with Gasteiger partial charge in [0.1, 0.15) is 0 Å². The highest BCUT2D eigenvalue weighted by Crippen LogP contribution is 2.63. The average molecular weight is 546 g/mol. The molecule has 0 aliphatic heterocycles. The molecule has 0 radical (unpaired) electrons. The number of aliphatic hydroxyl groups excluding tert-OH is 1. The van der Waals surface area contributed by atoms with E-state index in [2.05, 4.69) is 0 Å². The van der Waals surface area contributed by atoms with E-state index in [9.17, 15) is 71.0 Å². The Morgan fingerprint density at radius 2 is 1.03 bits per heavy atom. The molecule has 0 aliphatic rings. The summed E-state index contributed by atoms with van der Waals surface area (Å²) in [4.78, 5) is 0. The van der Waals surface area contributed by atoms with Crippen molar-refractivity contribution in [2.24, 2.45) is 0 Å². The SMILES string of the molecule is CCCCc1ccc(C(O)CC(F)(F)C(F)(F)C(F)(F)C(F)(F)C(F)(F)C(F)(F)C(F)(F)F)cc1. The maximum absolute atomic E-state index is 14.0. The Morgan fingerprint density at radius 1 is 0.629 bits per heavy atom. The lowest BCUT2D eigenvalue weighted by Crippen LogP contribution is -2.72. The molecule has 1 nitrogen and oxygen atoms in total. The number of unbranched alkanes of at least 4 members (excludes halogenated alkanes) is 1. The zero-order chi connectivity index (χ0) is 27.9. The highest BCUT2D eigenvalue weighted by Gasteiger charge is 2.93. The minimum Gasteiger partial charge on any atom is -0.388 e. The number of benzene rings is 1. The molecule has 0 aromatic heterocycles. The minimum atomic E-state index is -8.34. The topological polar surface area (TPSA) is 20.2 Å². The first-order chi connectivity index (χ1) is 15.4. The van der Waals surface area contributed by atoms with Gasteiger partial charge < -0.3 is 5.11 Å². The summed E-state index contributed by atoms with van der Waals surface area (Å²) in [6.45, 7) is 1.82. The fourth-order valence-corrected chi connectivity index (χ4v) is 2.78. The first-order valence-corrected chi connectivity index (χ1v) is 9.53. The molecule has 0 saturated heterocycles. The lowest BCUT2D eigenvalue weighted by Gasteiger charge is -2.41. The quantitative estimate of drug-likeness (QED) is 0.281. The van der Waals surface area contributed by atoms with Crippen molar-refractivity contribution in [3.8, 4) is 0 Å². The van der Waals surface area contributed by atoms with Crippen molar-refractivity contribution < 1.29 is 71.0 Å². The van der Waals surface area contributed by atoms with Crippen LogP contribution in [-0.2, 0) is 6.42 Å². The normalized spacial score (nSPS) is 15.9. The molecule has 35 heavy (non-hydrogen) atoms. The summed E-state index contributed by atoms with van der Waals surface area (Å²) in [5.41, 5.74) is -0.0522. The van der Waals surface area contributed by atoms with E-state index in [1.807, 2.05) is 6.92 Å². The Balaban J connectivity index is 3.32. The number of rotatable bonds is 11. The monoisotopic (exact) mass is 546 g/mol. The Hall–Kier alpha value is -1.87. The molecule has 16 heteroatoms. The van der Waals surface area contributed by atoms with E-state index in [0.29, 0.717) is 18.4 Å². The second kappa shape index (κ2) is 9.54. The highest BCUT2D eigenvalue weighted by atomic mass is 19.4. The van der Waals surface area contributed by atoms with Gasteiger partial charge in [-0.2, -0.15) is 65.9 Å². The van der Waals surface area contributed by atoms with Crippen LogP contribution in [0.25, 0.3) is 0 Å². The van der Waals surface area contributed by atoms with E-state index in [1.165, 1.54) is 12.1 Å². The Morgan fingerprint density at radius 3 is 1.43 bits per heavy atom. The average Bonchev–Trinajstić information content (AvgIpc) is 2.70. The van der Waals surface area contributed by atoms with Gasteiger partial charge >= 0.3 is 41.7 Å². The maximum atomic E-state index is 14.0. The third-order valence-electron chi connectivity index (χ3n) is 5.03. The summed E-state index contributed by atoms with van der Waals surface area (Å²) in [5.74, 6) is -46.9. The van der Waals surface area contributed by atoms with Crippen LogP contribution >= 0.6 is 0 Å². The van der Waals surface area contributed by atoms with Crippen LogP contribution in [0.3, 0.4) is 0 Å². The summed E-state index contributed by atoms with van der Waals surface area (Å²) in [7, 11) is 0. The van der Waals surface area contributed by atoms with Crippen LogP contribution in [0, 0.1) is 0 Å². The molecule has 0 bridgehead atoms. The highest BCUT2D eigenvalue weighted by molar-refractivity contribution is 5.25. The van der Waals surface area contributed by atoms with Crippen LogP contribution in [0.2, 0.25) is 0 Å². The second-order valence-corrected chi connectivity index (χ2v) is 7.64. The van der Waals surface area contributed by atoms with Crippen molar-refractivity contribution in [2.45, 2.75) is 80.4 Å². The van der Waals surface area contributed by atoms with Gasteiger partial charge in [-0.05, 0) is 24.0 Å². The molecule has 1 aromatic rings. The maximum Gasteiger partial charge on any atom is 0.460 e. The van der Waals surface area contributed by atoms with Crippen LogP contribution in [0.1, 0.15) is 43.4 Å². The van der Waals surface area contributed by atoms with E-state index in [0.717, 1.165) is 18.6 Å². The molecule has 0 aliphatic carbocycles. The van der Waals surface area contributed by atoms with Crippen molar-refractivity contribution in [1.82, 2.24) is 0 Å². The van der Waals surface area contributed by atoms with Gasteiger partial charge in [0.2, 0.25) is 0 Å². The number of alkyl halides is 15. The van der Waals surface area contributed by atoms with E-state index in [1.54, 1.807) is 0 Å². The van der Waals surface area contributed by atoms with Gasteiger partial charge in [-0.1, -0.05) is 37.6 Å². The summed E-state index contributed by atoms with van der Waals surface area (Å²) in [6, 6.07) is 4.20. The zero-order valence-electron chi connectivity index (χ0n) is 17.3. The minimum absolute atomic E-state index is 0.458. The van der Waals surface area contributed by atoms with Crippen LogP contribution in [0.15, 0.2) is 24.3 Å². The van der Waals surface area contributed by atoms with Gasteiger partial charge in [0, 0.05) is 6.42 Å². The standard InChI is InChI=1S/C19H17F15O/c1-2-3-4-10-5-7-11(8-6-10)12(35)9-13(20,21)14(22,23)15(24,25)16(26,27)17(28,29)18(30,31)19(32,33)34/h5-8,12,35H,2-4,9H2,1H3. The number of aliphatic hydroxyl groups is 1. The Kier molecular flexibility index (Phi) is 8.49. The van der Waals surface area contributed by atoms with E-state index in [-0.39, 0.29) is 0 Å². The summed E-state index contributed by atoms with van der Waals surface area (Å²) in [6.07, 6.45) is -11.4. The molecule has 0 amide bonds. The van der Waals surface area contributed by atoms with Gasteiger partial charge in [-0.25, -0.2) is 0 Å². The van der Waals surface area contributed by atoms with Gasteiger partial charge in [0.05, 0.1) is 6.10 Å². The summed E-state index contributed by atoms with van der Waals surface area (Å²) >= 11 is 0. The summed E-state index contributed by atoms with van der Waals surface area (Å²) in [5, 5.41) is 9.69. The van der Waals surface area contributed by atoms with Crippen molar-refractivity contribution in [3.05, 3.63) is 35.4 Å². The van der Waals surface area contributed by atoms with Crippen molar-refractivity contribution in [1.29, 1.82) is 0 Å². The van der Waals surface area contributed by atoms with Crippen molar-refractivity contribution in [3.63, 3.8) is 0 Å². The third-order valence-corrected chi connectivity index (χ3v) is 5.03. The molecule has 1 atom stereocenters. The van der Waals surface area contributed by atoms with Gasteiger partial charge in [-0.3, -0.25) is 0 Å². The Bertz CT molecular complexity index is 843. The predicted molar refractivity (Wildman–Crippen MR) is 90.4 cm³/mol. The van der Waals surface area contributed by atoms with Crippen molar-refractivity contribution >= 4 is 0 Å². The zero-order valence-corrected chi connectivity index (χ0v) is 17.3. The van der Waals surface area contributed by atoms with Crippen LogP contribution < -0.4 is 0 Å². The van der Waals surface area contributed by atoms with Crippen LogP contribution in [0.4, 0.5) is 65.9 Å². The fraction of sp³-hybridized carbons (Fsp3) is 0.684. The Labute approximate surface area is 187 Å². The molecule has 1 N–H and O–H groups in total. The van der Waals surface area contributed by atoms with Gasteiger partial charge in [-0.15, -0.1) is 0 Å². The molecular formula is C19H17F15O. The largest absolute Gasteiger partial charge is 0.460 e. The third kappa shape index (κ3) is 5.17. The number of aryl methyl sites for hydroxylation is 1. The second-order valence-electron chi connectivity index (χ2n) is 7.64. The van der Waals surface area contributed by atoms with E-state index >= 15 is 0 Å². The first kappa shape index (κ1) is 31.2. The smallest absolute Gasteiger partial charge is 0.388 e. The van der Waals surface area contributed by atoms with E-state index in [4.69, 9.17) is 0 Å². The van der Waals surface area contributed by atoms with Gasteiger partial charge in [0.25, 0.3) is 0 Å². The molecule has 0 saturated carbocycles. The molecule has 204 valence electrons. The first-order valence-electron chi connectivity index (χ1n) is 9.53. The molecule has 1 aromatic carbocycles. The van der Waals surface area contributed by atoms with E-state index < -0.39 is 59.8 Å². The molecule has 0 heterocycles. The molecule has 1 unspecified atom stereocenters. The van der Waals surface area contributed by atoms with Crippen molar-refractivity contribution in [2.75, 3.05) is 0 Å². The molecule has 0 fully saturated rings. The van der Waals surface area contributed by atoms with Crippen LogP contribution in [0.5, 0.6) is 0 Å². The number of halogens is 15. The van der Waals surface area contributed by atoms with Gasteiger partial charge in [0.15, 0.2) is 0 Å². The summed E-state index contributed by atoms with van der Waals surface area (Å²) < 4.78 is 198. The predicted octanol–water partition coefficient (Wildman–Crippen LogP) is 7.83. The lowest BCUT2D eigenvalue weighted by molar-refractivity contribution is -0.453. The fourth-order valence-electron chi connectivity index (χ4n) is 2.78. The van der Waals surface area contributed by atoms with Crippen LogP contribution in [-0.4, -0.2) is 46.8 Å². The number of hydrogen-bond donors (Lipinski definition) is 1. The number of hydrogen-bond acceptors (Lipinski definition) is 1. The molecule has 1 rings (SSSR count).